The fraction of sp³-hybridized carbons (Fsp3) is 0.500. The van der Waals surface area contributed by atoms with Gasteiger partial charge in [-0.05, 0) is 19.1 Å². The molecular formula is C16H21ClN4O3. The quantitative estimate of drug-likeness (QED) is 0.888. The van der Waals surface area contributed by atoms with Crippen LogP contribution in [0.15, 0.2) is 22.7 Å². The molecule has 3 heterocycles. The maximum Gasteiger partial charge on any atom is 0.273 e. The van der Waals surface area contributed by atoms with E-state index in [1.165, 1.54) is 4.68 Å². The third-order valence-corrected chi connectivity index (χ3v) is 4.31. The van der Waals surface area contributed by atoms with Crippen LogP contribution in [0.5, 0.6) is 0 Å². The number of rotatable bonds is 5. The molecule has 0 spiro atoms. The highest BCUT2D eigenvalue weighted by atomic mass is 35.5. The first-order valence-corrected chi connectivity index (χ1v) is 8.28. The van der Waals surface area contributed by atoms with Gasteiger partial charge in [0, 0.05) is 32.9 Å². The summed E-state index contributed by atoms with van der Waals surface area (Å²) in [5, 5.41) is 7.35. The highest BCUT2D eigenvalue weighted by molar-refractivity contribution is 6.33. The minimum atomic E-state index is -0.290. The van der Waals surface area contributed by atoms with Crippen molar-refractivity contribution >= 4 is 17.5 Å². The number of aromatic nitrogens is 2. The van der Waals surface area contributed by atoms with Crippen LogP contribution in [-0.2, 0) is 11.8 Å². The molecule has 0 aromatic carbocycles. The summed E-state index contributed by atoms with van der Waals surface area (Å²) in [5.74, 6) is 1.39. The van der Waals surface area contributed by atoms with Crippen LogP contribution in [0.4, 0.5) is 0 Å². The minimum absolute atomic E-state index is 0.0472. The Bertz CT molecular complexity index is 706. The number of hydrogen-bond donors (Lipinski definition) is 1. The van der Waals surface area contributed by atoms with E-state index in [-0.39, 0.29) is 17.6 Å². The van der Waals surface area contributed by atoms with Gasteiger partial charge in [-0.3, -0.25) is 14.4 Å². The normalized spacial score (nSPS) is 17.0. The molecule has 1 fully saturated rings. The van der Waals surface area contributed by atoms with Crippen LogP contribution in [0.2, 0.25) is 5.02 Å². The SMILES string of the molecule is Cc1ccc([C@H](CNC(=O)c2nn(C)cc2Cl)N2CCOCC2)o1. The summed E-state index contributed by atoms with van der Waals surface area (Å²) in [6.45, 7) is 5.27. The number of carbonyl (C=O) groups is 1. The van der Waals surface area contributed by atoms with Gasteiger partial charge in [-0.1, -0.05) is 11.6 Å². The summed E-state index contributed by atoms with van der Waals surface area (Å²) in [5.41, 5.74) is 0.232. The molecule has 1 N–H and O–H groups in total. The van der Waals surface area contributed by atoms with Crippen LogP contribution in [0.3, 0.4) is 0 Å². The van der Waals surface area contributed by atoms with E-state index in [1.54, 1.807) is 13.2 Å². The van der Waals surface area contributed by atoms with Crippen molar-refractivity contribution in [1.29, 1.82) is 0 Å². The van der Waals surface area contributed by atoms with Crippen LogP contribution < -0.4 is 5.32 Å². The number of morpholine rings is 1. The summed E-state index contributed by atoms with van der Waals surface area (Å²) in [7, 11) is 1.73. The lowest BCUT2D eigenvalue weighted by Crippen LogP contribution is -2.43. The molecule has 0 radical (unpaired) electrons. The van der Waals surface area contributed by atoms with Crippen LogP contribution in [0.25, 0.3) is 0 Å². The van der Waals surface area contributed by atoms with E-state index in [0.717, 1.165) is 24.6 Å². The minimum Gasteiger partial charge on any atom is -0.465 e. The second-order valence-electron chi connectivity index (χ2n) is 5.82. The fourth-order valence-electron chi connectivity index (χ4n) is 2.82. The number of nitrogens with one attached hydrogen (secondary N) is 1. The zero-order chi connectivity index (χ0) is 17.1. The number of nitrogens with zero attached hydrogens (tertiary/aromatic N) is 3. The van der Waals surface area contributed by atoms with E-state index in [0.29, 0.717) is 24.8 Å². The van der Waals surface area contributed by atoms with Crippen molar-refractivity contribution in [3.63, 3.8) is 0 Å². The van der Waals surface area contributed by atoms with Crippen molar-refractivity contribution in [1.82, 2.24) is 20.0 Å². The standard InChI is InChI=1S/C16H21ClN4O3/c1-11-3-4-14(24-11)13(21-5-7-23-8-6-21)9-18-16(22)15-12(17)10-20(2)19-15/h3-4,10,13H,5-9H2,1-2H3,(H,18,22)/t13-/m0/s1. The van der Waals surface area contributed by atoms with E-state index in [2.05, 4.69) is 15.3 Å². The van der Waals surface area contributed by atoms with Crippen molar-refractivity contribution in [2.75, 3.05) is 32.8 Å². The first-order chi connectivity index (χ1) is 11.5. The molecule has 1 atom stereocenters. The van der Waals surface area contributed by atoms with Crippen molar-refractivity contribution < 1.29 is 13.9 Å². The van der Waals surface area contributed by atoms with Gasteiger partial charge in [0.1, 0.15) is 11.5 Å². The third-order valence-electron chi connectivity index (χ3n) is 4.03. The molecule has 0 unspecified atom stereocenters. The first-order valence-electron chi connectivity index (χ1n) is 7.90. The van der Waals surface area contributed by atoms with Gasteiger partial charge < -0.3 is 14.5 Å². The predicted octanol–water partition coefficient (Wildman–Crippen LogP) is 1.78. The molecule has 0 aliphatic carbocycles. The van der Waals surface area contributed by atoms with E-state index in [4.69, 9.17) is 20.8 Å². The zero-order valence-electron chi connectivity index (χ0n) is 13.8. The molecule has 2 aromatic heterocycles. The Balaban J connectivity index is 1.71. The number of amides is 1. The summed E-state index contributed by atoms with van der Waals surface area (Å²) < 4.78 is 12.7. The highest BCUT2D eigenvalue weighted by Crippen LogP contribution is 2.23. The number of carbonyl (C=O) groups excluding carboxylic acids is 1. The molecule has 130 valence electrons. The maximum atomic E-state index is 12.4. The Morgan fingerprint density at radius 2 is 2.17 bits per heavy atom. The molecule has 1 amide bonds. The largest absolute Gasteiger partial charge is 0.465 e. The predicted molar refractivity (Wildman–Crippen MR) is 89.1 cm³/mol. The van der Waals surface area contributed by atoms with Crippen LogP contribution in [0, 0.1) is 6.92 Å². The van der Waals surface area contributed by atoms with Gasteiger partial charge in [-0.15, -0.1) is 0 Å². The summed E-state index contributed by atoms with van der Waals surface area (Å²) in [4.78, 5) is 14.6. The first kappa shape index (κ1) is 17.0. The van der Waals surface area contributed by atoms with Crippen molar-refractivity contribution in [3.05, 3.63) is 40.6 Å². The van der Waals surface area contributed by atoms with Gasteiger partial charge in [0.05, 0.1) is 24.3 Å². The van der Waals surface area contributed by atoms with Crippen LogP contribution in [0.1, 0.15) is 28.1 Å². The lowest BCUT2D eigenvalue weighted by Gasteiger charge is -2.33. The van der Waals surface area contributed by atoms with Gasteiger partial charge in [-0.25, -0.2) is 0 Å². The molecule has 24 heavy (non-hydrogen) atoms. The van der Waals surface area contributed by atoms with Gasteiger partial charge in [0.25, 0.3) is 5.91 Å². The van der Waals surface area contributed by atoms with E-state index < -0.39 is 0 Å². The van der Waals surface area contributed by atoms with Crippen LogP contribution in [-0.4, -0.2) is 53.4 Å². The summed E-state index contributed by atoms with van der Waals surface area (Å²) in [6.07, 6.45) is 1.60. The number of halogens is 1. The molecule has 8 heteroatoms. The fourth-order valence-corrected chi connectivity index (χ4v) is 3.08. The third kappa shape index (κ3) is 3.80. The molecule has 1 aliphatic heterocycles. The number of ether oxygens (including phenoxy) is 1. The van der Waals surface area contributed by atoms with Crippen molar-refractivity contribution in [2.45, 2.75) is 13.0 Å². The molecule has 1 aliphatic rings. The van der Waals surface area contributed by atoms with Crippen molar-refractivity contribution in [3.8, 4) is 0 Å². The summed E-state index contributed by atoms with van der Waals surface area (Å²) in [6, 6.07) is 3.84. The second-order valence-corrected chi connectivity index (χ2v) is 6.23. The van der Waals surface area contributed by atoms with E-state index in [9.17, 15) is 4.79 Å². The molecule has 2 aromatic rings. The Hall–Kier alpha value is -1.83. The second kappa shape index (κ2) is 7.38. The Labute approximate surface area is 145 Å². The van der Waals surface area contributed by atoms with Crippen molar-refractivity contribution in [2.24, 2.45) is 7.05 Å². The van der Waals surface area contributed by atoms with Gasteiger partial charge in [0.15, 0.2) is 5.69 Å². The molecule has 0 bridgehead atoms. The average molecular weight is 353 g/mol. The molecule has 3 rings (SSSR count). The number of furan rings is 1. The van der Waals surface area contributed by atoms with Crippen LogP contribution >= 0.6 is 11.6 Å². The lowest BCUT2D eigenvalue weighted by molar-refractivity contribution is 0.0117. The van der Waals surface area contributed by atoms with E-state index >= 15 is 0 Å². The maximum absolute atomic E-state index is 12.4. The van der Waals surface area contributed by atoms with E-state index in [1.807, 2.05) is 19.1 Å². The lowest BCUT2D eigenvalue weighted by atomic mass is 10.1. The zero-order valence-corrected chi connectivity index (χ0v) is 14.5. The number of aryl methyl sites for hydroxylation is 2. The topological polar surface area (TPSA) is 72.5 Å². The molecule has 1 saturated heterocycles. The van der Waals surface area contributed by atoms with Gasteiger partial charge in [0.2, 0.25) is 0 Å². The average Bonchev–Trinajstić information content (AvgIpc) is 3.14. The Morgan fingerprint density at radius 1 is 1.42 bits per heavy atom. The number of hydrogen-bond acceptors (Lipinski definition) is 5. The monoisotopic (exact) mass is 352 g/mol. The van der Waals surface area contributed by atoms with Gasteiger partial charge >= 0.3 is 0 Å². The Kier molecular flexibility index (Phi) is 5.23. The highest BCUT2D eigenvalue weighted by Gasteiger charge is 2.26. The molecule has 7 nitrogen and oxygen atoms in total. The van der Waals surface area contributed by atoms with Gasteiger partial charge in [-0.2, -0.15) is 5.10 Å². The molecule has 0 saturated carbocycles. The molecular weight excluding hydrogens is 332 g/mol. The smallest absolute Gasteiger partial charge is 0.273 e. The Morgan fingerprint density at radius 3 is 2.75 bits per heavy atom. The summed E-state index contributed by atoms with van der Waals surface area (Å²) >= 11 is 6.03.